The highest BCUT2D eigenvalue weighted by atomic mass is 32.1. The summed E-state index contributed by atoms with van der Waals surface area (Å²) in [6.07, 6.45) is 3.74. The maximum atomic E-state index is 11.6. The van der Waals surface area contributed by atoms with Gasteiger partial charge in [0.05, 0.1) is 0 Å². The van der Waals surface area contributed by atoms with Crippen LogP contribution in [0.2, 0.25) is 0 Å². The molecule has 1 aliphatic rings. The van der Waals surface area contributed by atoms with E-state index in [1.165, 1.54) is 24.2 Å². The summed E-state index contributed by atoms with van der Waals surface area (Å²) in [5.41, 5.74) is 5.92. The Morgan fingerprint density at radius 3 is 3.07 bits per heavy atom. The van der Waals surface area contributed by atoms with Crippen molar-refractivity contribution in [3.05, 3.63) is 16.1 Å². The van der Waals surface area contributed by atoms with Gasteiger partial charge in [0.15, 0.2) is 0 Å². The van der Waals surface area contributed by atoms with Crippen LogP contribution in [0, 0.1) is 5.92 Å². The zero-order chi connectivity index (χ0) is 10.7. The van der Waals surface area contributed by atoms with Crippen molar-refractivity contribution in [2.24, 2.45) is 11.7 Å². The van der Waals surface area contributed by atoms with Gasteiger partial charge in [0.1, 0.15) is 10.7 Å². The minimum absolute atomic E-state index is 0.0772. The van der Waals surface area contributed by atoms with E-state index < -0.39 is 0 Å². The predicted molar refractivity (Wildman–Crippen MR) is 59.7 cm³/mol. The molecule has 1 aliphatic carbocycles. The molecule has 1 heterocycles. The molecular formula is C10H15N3OS. The van der Waals surface area contributed by atoms with Crippen LogP contribution in [0.5, 0.6) is 0 Å². The molecule has 0 aliphatic heterocycles. The Labute approximate surface area is 92.9 Å². The smallest absolute Gasteiger partial charge is 0.270 e. The zero-order valence-corrected chi connectivity index (χ0v) is 9.35. The standard InChI is InChI=1S/C10H15N3OS/c11-5-9-13-8(6-15-9)10(14)12-4-3-7-1-2-7/h6-7H,1-5,11H2,(H,12,14). The van der Waals surface area contributed by atoms with Crippen LogP contribution in [0.25, 0.3) is 0 Å². The number of carbonyl (C=O) groups excluding carboxylic acids is 1. The topological polar surface area (TPSA) is 68.0 Å². The number of hydrogen-bond donors (Lipinski definition) is 2. The van der Waals surface area contributed by atoms with E-state index in [4.69, 9.17) is 5.73 Å². The fourth-order valence-electron chi connectivity index (χ4n) is 1.40. The summed E-state index contributed by atoms with van der Waals surface area (Å²) in [5, 5.41) is 5.44. The van der Waals surface area contributed by atoms with E-state index in [0.717, 1.165) is 23.9 Å². The van der Waals surface area contributed by atoms with Crippen molar-refractivity contribution >= 4 is 17.2 Å². The van der Waals surface area contributed by atoms with Gasteiger partial charge in [-0.05, 0) is 12.3 Å². The molecule has 0 bridgehead atoms. The van der Waals surface area contributed by atoms with Crippen LogP contribution in [0.15, 0.2) is 5.38 Å². The Morgan fingerprint density at radius 1 is 1.67 bits per heavy atom. The number of nitrogens with zero attached hydrogens (tertiary/aromatic N) is 1. The van der Waals surface area contributed by atoms with Crippen molar-refractivity contribution < 1.29 is 4.79 Å². The third kappa shape index (κ3) is 3.00. The number of amides is 1. The van der Waals surface area contributed by atoms with Crippen LogP contribution < -0.4 is 11.1 Å². The minimum Gasteiger partial charge on any atom is -0.351 e. The maximum absolute atomic E-state index is 11.6. The van der Waals surface area contributed by atoms with E-state index in [2.05, 4.69) is 10.3 Å². The molecule has 82 valence electrons. The van der Waals surface area contributed by atoms with Gasteiger partial charge < -0.3 is 11.1 Å². The van der Waals surface area contributed by atoms with Gasteiger partial charge in [0.25, 0.3) is 5.91 Å². The monoisotopic (exact) mass is 225 g/mol. The number of nitrogens with one attached hydrogen (secondary N) is 1. The molecule has 15 heavy (non-hydrogen) atoms. The molecule has 3 N–H and O–H groups in total. The molecule has 0 aromatic carbocycles. The first kappa shape index (κ1) is 10.6. The second-order valence-electron chi connectivity index (χ2n) is 3.82. The molecule has 4 nitrogen and oxygen atoms in total. The van der Waals surface area contributed by atoms with Gasteiger partial charge in [0.2, 0.25) is 0 Å². The normalized spacial score (nSPS) is 15.3. The van der Waals surface area contributed by atoms with Gasteiger partial charge in [-0.3, -0.25) is 4.79 Å². The molecular weight excluding hydrogens is 210 g/mol. The van der Waals surface area contributed by atoms with Crippen molar-refractivity contribution in [3.63, 3.8) is 0 Å². The van der Waals surface area contributed by atoms with Crippen LogP contribution in [-0.4, -0.2) is 17.4 Å². The first-order valence-electron chi connectivity index (χ1n) is 5.22. The average Bonchev–Trinajstić information content (AvgIpc) is 2.94. The largest absolute Gasteiger partial charge is 0.351 e. The van der Waals surface area contributed by atoms with Crippen LogP contribution >= 0.6 is 11.3 Å². The summed E-state index contributed by atoms with van der Waals surface area (Å²) >= 11 is 1.43. The van der Waals surface area contributed by atoms with Crippen molar-refractivity contribution in [1.29, 1.82) is 0 Å². The Hall–Kier alpha value is -0.940. The average molecular weight is 225 g/mol. The van der Waals surface area contributed by atoms with E-state index in [0.29, 0.717) is 12.2 Å². The molecule has 0 saturated heterocycles. The molecule has 1 aromatic heterocycles. The summed E-state index contributed by atoms with van der Waals surface area (Å²) in [5.74, 6) is 0.770. The summed E-state index contributed by atoms with van der Waals surface area (Å²) in [4.78, 5) is 15.7. The van der Waals surface area contributed by atoms with Crippen molar-refractivity contribution in [1.82, 2.24) is 10.3 Å². The van der Waals surface area contributed by atoms with E-state index >= 15 is 0 Å². The summed E-state index contributed by atoms with van der Waals surface area (Å²) in [6, 6.07) is 0. The molecule has 1 aromatic rings. The molecule has 1 saturated carbocycles. The number of nitrogens with two attached hydrogens (primary N) is 1. The zero-order valence-electron chi connectivity index (χ0n) is 8.53. The quantitative estimate of drug-likeness (QED) is 0.789. The van der Waals surface area contributed by atoms with Crippen molar-refractivity contribution in [3.8, 4) is 0 Å². The Bertz CT molecular complexity index is 346. The van der Waals surface area contributed by atoms with Crippen LogP contribution in [-0.2, 0) is 6.54 Å². The van der Waals surface area contributed by atoms with Crippen molar-refractivity contribution in [2.75, 3.05) is 6.54 Å². The lowest BCUT2D eigenvalue weighted by molar-refractivity contribution is 0.0948. The number of thiazole rings is 1. The second-order valence-corrected chi connectivity index (χ2v) is 4.76. The highest BCUT2D eigenvalue weighted by molar-refractivity contribution is 7.09. The third-order valence-corrected chi connectivity index (χ3v) is 3.37. The second kappa shape index (κ2) is 4.72. The van der Waals surface area contributed by atoms with Crippen molar-refractivity contribution in [2.45, 2.75) is 25.8 Å². The molecule has 1 fully saturated rings. The summed E-state index contributed by atoms with van der Waals surface area (Å²) in [6.45, 7) is 1.17. The number of hydrogen-bond acceptors (Lipinski definition) is 4. The van der Waals surface area contributed by atoms with E-state index in [-0.39, 0.29) is 5.91 Å². The van der Waals surface area contributed by atoms with E-state index in [9.17, 15) is 4.79 Å². The Balaban J connectivity index is 1.78. The van der Waals surface area contributed by atoms with E-state index in [1.54, 1.807) is 5.38 Å². The molecule has 0 radical (unpaired) electrons. The molecule has 5 heteroatoms. The SMILES string of the molecule is NCc1nc(C(=O)NCCC2CC2)cs1. The maximum Gasteiger partial charge on any atom is 0.270 e. The summed E-state index contributed by atoms with van der Waals surface area (Å²) < 4.78 is 0. The predicted octanol–water partition coefficient (Wildman–Crippen LogP) is 1.13. The fraction of sp³-hybridized carbons (Fsp3) is 0.600. The lowest BCUT2D eigenvalue weighted by Gasteiger charge is -2.01. The van der Waals surface area contributed by atoms with Gasteiger partial charge in [-0.1, -0.05) is 12.8 Å². The van der Waals surface area contributed by atoms with Gasteiger partial charge in [0, 0.05) is 18.5 Å². The van der Waals surface area contributed by atoms with Gasteiger partial charge in [-0.15, -0.1) is 11.3 Å². The third-order valence-electron chi connectivity index (χ3n) is 2.49. The highest BCUT2D eigenvalue weighted by Crippen LogP contribution is 2.31. The number of rotatable bonds is 5. The first-order valence-corrected chi connectivity index (χ1v) is 6.10. The molecule has 2 rings (SSSR count). The molecule has 0 unspecified atom stereocenters. The van der Waals surface area contributed by atoms with Crippen LogP contribution in [0.3, 0.4) is 0 Å². The first-order chi connectivity index (χ1) is 7.29. The van der Waals surface area contributed by atoms with Gasteiger partial charge in [-0.2, -0.15) is 0 Å². The van der Waals surface area contributed by atoms with E-state index in [1.807, 2.05) is 0 Å². The Morgan fingerprint density at radius 2 is 2.47 bits per heavy atom. The fourth-order valence-corrected chi connectivity index (χ4v) is 2.05. The van der Waals surface area contributed by atoms with Crippen LogP contribution in [0.4, 0.5) is 0 Å². The summed E-state index contributed by atoms with van der Waals surface area (Å²) in [7, 11) is 0. The lowest BCUT2D eigenvalue weighted by Crippen LogP contribution is -2.25. The molecule has 0 spiro atoms. The molecule has 0 atom stereocenters. The lowest BCUT2D eigenvalue weighted by atomic mass is 10.3. The number of aromatic nitrogens is 1. The Kier molecular flexibility index (Phi) is 3.33. The van der Waals surface area contributed by atoms with Gasteiger partial charge >= 0.3 is 0 Å². The molecule has 1 amide bonds. The minimum atomic E-state index is -0.0772. The number of carbonyl (C=O) groups is 1. The van der Waals surface area contributed by atoms with Gasteiger partial charge in [-0.25, -0.2) is 4.98 Å². The highest BCUT2D eigenvalue weighted by Gasteiger charge is 2.20. The van der Waals surface area contributed by atoms with Crippen LogP contribution in [0.1, 0.15) is 34.8 Å².